The Labute approximate surface area is 115 Å². The van der Waals surface area contributed by atoms with Crippen LogP contribution in [0.5, 0.6) is 0 Å². The summed E-state index contributed by atoms with van der Waals surface area (Å²) in [4.78, 5) is 17.4. The summed E-state index contributed by atoms with van der Waals surface area (Å²) < 4.78 is 13.0. The van der Waals surface area contributed by atoms with Crippen LogP contribution in [0.2, 0.25) is 0 Å². The standard InChI is InChI=1S/C9H10N3O2P.Na/c1-15(13,14)9-11-6-7-12(9)8-4-2-3-5-10-8;/h2-7H,1H3,(H,13,14);/q;+1. The monoisotopic (exact) mass is 246 g/mol. The van der Waals surface area contributed by atoms with Gasteiger partial charge < -0.3 is 4.89 Å². The van der Waals surface area contributed by atoms with Gasteiger partial charge in [0.15, 0.2) is 0 Å². The van der Waals surface area contributed by atoms with E-state index in [2.05, 4.69) is 9.97 Å². The summed E-state index contributed by atoms with van der Waals surface area (Å²) in [7, 11) is -3.36. The summed E-state index contributed by atoms with van der Waals surface area (Å²) in [5, 5.41) is 0. The molecule has 0 radical (unpaired) electrons. The Hall–Kier alpha value is -0.450. The van der Waals surface area contributed by atoms with Crippen molar-refractivity contribution in [3.8, 4) is 5.82 Å². The van der Waals surface area contributed by atoms with E-state index in [1.54, 1.807) is 24.5 Å². The molecule has 5 nitrogen and oxygen atoms in total. The molecule has 7 heteroatoms. The third-order valence-corrected chi connectivity index (χ3v) is 2.96. The molecule has 1 atom stereocenters. The molecule has 16 heavy (non-hydrogen) atoms. The van der Waals surface area contributed by atoms with Crippen molar-refractivity contribution in [3.05, 3.63) is 36.8 Å². The summed E-state index contributed by atoms with van der Waals surface area (Å²) in [5.74, 6) is 0.584. The van der Waals surface area contributed by atoms with Crippen LogP contribution in [0.1, 0.15) is 0 Å². The molecule has 2 rings (SSSR count). The Morgan fingerprint density at radius 1 is 1.31 bits per heavy atom. The first kappa shape index (κ1) is 13.6. The van der Waals surface area contributed by atoms with Crippen LogP contribution in [0.4, 0.5) is 0 Å². The maximum atomic E-state index is 11.5. The minimum atomic E-state index is -3.36. The van der Waals surface area contributed by atoms with Crippen molar-refractivity contribution in [2.45, 2.75) is 0 Å². The molecule has 0 aromatic carbocycles. The molecule has 0 aliphatic heterocycles. The first-order valence-electron chi connectivity index (χ1n) is 4.34. The predicted molar refractivity (Wildman–Crippen MR) is 56.7 cm³/mol. The van der Waals surface area contributed by atoms with Gasteiger partial charge in [-0.15, -0.1) is 0 Å². The van der Waals surface area contributed by atoms with Crippen molar-refractivity contribution >= 4 is 12.9 Å². The molecule has 78 valence electrons. The van der Waals surface area contributed by atoms with Gasteiger partial charge in [0.1, 0.15) is 5.82 Å². The largest absolute Gasteiger partial charge is 1.00 e. The Balaban J connectivity index is 0.00000128. The minimum absolute atomic E-state index is 0. The van der Waals surface area contributed by atoms with Gasteiger partial charge in [-0.1, -0.05) is 6.07 Å². The molecule has 0 saturated heterocycles. The van der Waals surface area contributed by atoms with Crippen LogP contribution < -0.4 is 35.1 Å². The van der Waals surface area contributed by atoms with Crippen LogP contribution in [0.25, 0.3) is 5.82 Å². The summed E-state index contributed by atoms with van der Waals surface area (Å²) >= 11 is 0. The molecule has 2 aromatic heterocycles. The fourth-order valence-corrected chi connectivity index (χ4v) is 2.13. The van der Waals surface area contributed by atoms with Gasteiger partial charge in [-0.25, -0.2) is 9.97 Å². The number of imidazole rings is 1. The topological polar surface area (TPSA) is 68.0 Å². The SMILES string of the molecule is CP(=O)(O)c1nccn1-c1ccccn1.[Na+]. The molecule has 2 aromatic rings. The van der Waals surface area contributed by atoms with Gasteiger partial charge in [-0.3, -0.25) is 9.13 Å². The second-order valence-electron chi connectivity index (χ2n) is 3.16. The molecule has 0 amide bonds. The normalized spacial score (nSPS) is 13.9. The van der Waals surface area contributed by atoms with Gasteiger partial charge in [0, 0.05) is 25.3 Å². The van der Waals surface area contributed by atoms with Gasteiger partial charge in [0.25, 0.3) is 7.37 Å². The zero-order valence-corrected chi connectivity index (χ0v) is 12.0. The molecule has 2 heterocycles. The summed E-state index contributed by atoms with van der Waals surface area (Å²) in [6, 6.07) is 5.34. The third-order valence-electron chi connectivity index (χ3n) is 1.89. The predicted octanol–water partition coefficient (Wildman–Crippen LogP) is -2.20. The van der Waals surface area contributed by atoms with Crippen molar-refractivity contribution in [3.63, 3.8) is 0 Å². The van der Waals surface area contributed by atoms with Crippen LogP contribution in [-0.2, 0) is 4.57 Å². The van der Waals surface area contributed by atoms with Crippen molar-refractivity contribution in [1.29, 1.82) is 0 Å². The number of aromatic nitrogens is 3. The van der Waals surface area contributed by atoms with Crippen molar-refractivity contribution in [1.82, 2.24) is 14.5 Å². The van der Waals surface area contributed by atoms with Crippen LogP contribution >= 0.6 is 7.37 Å². The van der Waals surface area contributed by atoms with E-state index in [-0.39, 0.29) is 35.1 Å². The van der Waals surface area contributed by atoms with E-state index in [0.29, 0.717) is 5.82 Å². The molecule has 0 spiro atoms. The maximum Gasteiger partial charge on any atom is 1.00 e. The number of hydrogen-bond donors (Lipinski definition) is 1. The number of pyridine rings is 1. The molecular formula is C9H10N3NaO2P+. The minimum Gasteiger partial charge on any atom is -0.339 e. The second-order valence-corrected chi connectivity index (χ2v) is 5.32. The van der Waals surface area contributed by atoms with Crippen LogP contribution in [0.3, 0.4) is 0 Å². The second kappa shape index (κ2) is 5.25. The Morgan fingerprint density at radius 2 is 2.06 bits per heavy atom. The zero-order valence-electron chi connectivity index (χ0n) is 9.11. The van der Waals surface area contributed by atoms with Crippen LogP contribution in [-0.4, -0.2) is 26.1 Å². The van der Waals surface area contributed by atoms with Crippen LogP contribution in [0, 0.1) is 0 Å². The fraction of sp³-hybridized carbons (Fsp3) is 0.111. The van der Waals surface area contributed by atoms with Gasteiger partial charge in [-0.05, 0) is 12.1 Å². The Morgan fingerprint density at radius 3 is 2.62 bits per heavy atom. The number of nitrogens with zero attached hydrogens (tertiary/aromatic N) is 3. The van der Waals surface area contributed by atoms with Gasteiger partial charge in [-0.2, -0.15) is 0 Å². The van der Waals surface area contributed by atoms with E-state index in [1.807, 2.05) is 6.07 Å². The molecule has 1 N–H and O–H groups in total. The number of rotatable bonds is 2. The van der Waals surface area contributed by atoms with E-state index in [1.165, 1.54) is 17.4 Å². The number of hydrogen-bond acceptors (Lipinski definition) is 3. The maximum absolute atomic E-state index is 11.5. The van der Waals surface area contributed by atoms with E-state index >= 15 is 0 Å². The van der Waals surface area contributed by atoms with E-state index in [0.717, 1.165) is 0 Å². The smallest absolute Gasteiger partial charge is 0.339 e. The first-order valence-corrected chi connectivity index (χ1v) is 6.45. The average Bonchev–Trinajstić information content (AvgIpc) is 2.67. The van der Waals surface area contributed by atoms with Gasteiger partial charge in [0.05, 0.1) is 0 Å². The Bertz CT molecular complexity index is 508. The quantitative estimate of drug-likeness (QED) is 0.482. The fourth-order valence-electron chi connectivity index (χ4n) is 1.28. The third kappa shape index (κ3) is 2.81. The Kier molecular flexibility index (Phi) is 4.47. The van der Waals surface area contributed by atoms with Crippen molar-refractivity contribution in [2.24, 2.45) is 0 Å². The van der Waals surface area contributed by atoms with Crippen molar-refractivity contribution < 1.29 is 39.0 Å². The first-order chi connectivity index (χ1) is 7.09. The summed E-state index contributed by atoms with van der Waals surface area (Å²) in [6.07, 6.45) is 4.72. The molecule has 0 bridgehead atoms. The van der Waals surface area contributed by atoms with E-state index in [9.17, 15) is 9.46 Å². The molecule has 0 aliphatic carbocycles. The molecule has 1 unspecified atom stereocenters. The molecular weight excluding hydrogens is 236 g/mol. The molecule has 0 aliphatic rings. The average molecular weight is 246 g/mol. The van der Waals surface area contributed by atoms with E-state index < -0.39 is 7.37 Å². The van der Waals surface area contributed by atoms with Gasteiger partial charge >= 0.3 is 29.6 Å². The summed E-state index contributed by atoms with van der Waals surface area (Å²) in [5.41, 5.74) is 0.140. The summed E-state index contributed by atoms with van der Waals surface area (Å²) in [6.45, 7) is 1.26. The van der Waals surface area contributed by atoms with Crippen molar-refractivity contribution in [2.75, 3.05) is 6.66 Å². The van der Waals surface area contributed by atoms with Crippen LogP contribution in [0.15, 0.2) is 36.8 Å². The zero-order chi connectivity index (χ0) is 10.9. The van der Waals surface area contributed by atoms with Gasteiger partial charge in [0.2, 0.25) is 5.57 Å². The molecule has 0 saturated carbocycles. The molecule has 0 fully saturated rings. The van der Waals surface area contributed by atoms with E-state index in [4.69, 9.17) is 0 Å².